The van der Waals surface area contributed by atoms with Crippen LogP contribution in [0.4, 0.5) is 4.39 Å². The zero-order chi connectivity index (χ0) is 20.7. The van der Waals surface area contributed by atoms with Crippen molar-refractivity contribution < 1.29 is 28.9 Å². The molecule has 0 saturated carbocycles. The Morgan fingerprint density at radius 1 is 1.25 bits per heavy atom. The number of carbonyl (C=O) groups excluding carboxylic acids is 1. The van der Waals surface area contributed by atoms with Crippen molar-refractivity contribution in [3.8, 4) is 17.2 Å². The van der Waals surface area contributed by atoms with Gasteiger partial charge in [-0.15, -0.1) is 0 Å². The number of aromatic hydroxyl groups is 1. The molecule has 152 valence electrons. The number of phenols is 1. The number of methoxy groups -OCH3 is 1. The Morgan fingerprint density at radius 2 is 1.96 bits per heavy atom. The van der Waals surface area contributed by atoms with E-state index in [0.29, 0.717) is 12.2 Å². The number of amides is 1. The fourth-order valence-electron chi connectivity index (χ4n) is 2.60. The van der Waals surface area contributed by atoms with Crippen molar-refractivity contribution in [3.05, 3.63) is 52.8 Å². The zero-order valence-corrected chi connectivity index (χ0v) is 16.4. The van der Waals surface area contributed by atoms with Crippen molar-refractivity contribution in [3.63, 3.8) is 0 Å². The summed E-state index contributed by atoms with van der Waals surface area (Å²) >= 11 is 5.89. The van der Waals surface area contributed by atoms with Gasteiger partial charge in [-0.2, -0.15) is 0 Å². The van der Waals surface area contributed by atoms with Crippen LogP contribution in [0.1, 0.15) is 12.5 Å². The van der Waals surface area contributed by atoms with E-state index in [1.807, 2.05) is 0 Å². The highest BCUT2D eigenvalue weighted by molar-refractivity contribution is 6.32. The molecule has 8 heteroatoms. The van der Waals surface area contributed by atoms with Gasteiger partial charge in [0, 0.05) is 19.1 Å². The quantitative estimate of drug-likeness (QED) is 0.590. The maximum absolute atomic E-state index is 13.1. The summed E-state index contributed by atoms with van der Waals surface area (Å²) in [6.07, 6.45) is -0.403. The van der Waals surface area contributed by atoms with Crippen molar-refractivity contribution in [2.75, 3.05) is 20.3 Å². The first kappa shape index (κ1) is 21.8. The van der Waals surface area contributed by atoms with E-state index in [9.17, 15) is 19.4 Å². The van der Waals surface area contributed by atoms with Gasteiger partial charge in [-0.1, -0.05) is 17.7 Å². The van der Waals surface area contributed by atoms with Crippen LogP contribution in [0.15, 0.2) is 36.4 Å². The fraction of sp³-hybridized carbons (Fsp3) is 0.350. The van der Waals surface area contributed by atoms with Gasteiger partial charge in [-0.3, -0.25) is 4.79 Å². The number of ether oxygens (including phenoxy) is 2. The Labute approximate surface area is 167 Å². The highest BCUT2D eigenvalue weighted by Gasteiger charge is 2.18. The van der Waals surface area contributed by atoms with E-state index >= 15 is 0 Å². The van der Waals surface area contributed by atoms with Crippen LogP contribution >= 0.6 is 11.6 Å². The number of phenolic OH excluding ortho intramolecular Hbond substituents is 1. The lowest BCUT2D eigenvalue weighted by Gasteiger charge is -2.19. The molecular formula is C20H23ClFNO5. The smallest absolute Gasteiger partial charge is 0.260 e. The van der Waals surface area contributed by atoms with Crippen LogP contribution in [0.2, 0.25) is 5.02 Å². The van der Waals surface area contributed by atoms with Crippen molar-refractivity contribution in [1.29, 1.82) is 0 Å². The Hall–Kier alpha value is -2.51. The van der Waals surface area contributed by atoms with Gasteiger partial charge in [-0.05, 0) is 49.2 Å². The SMILES string of the molecule is COc1ccc(CC(CO)CNC(=O)C(C)Oc2ccc(F)cc2Cl)cc1O. The molecule has 0 saturated heterocycles. The van der Waals surface area contributed by atoms with Crippen molar-refractivity contribution in [2.24, 2.45) is 5.92 Å². The van der Waals surface area contributed by atoms with Crippen LogP contribution < -0.4 is 14.8 Å². The number of rotatable bonds is 9. The number of aliphatic hydroxyl groups excluding tert-OH is 1. The van der Waals surface area contributed by atoms with E-state index in [2.05, 4.69) is 5.32 Å². The molecule has 0 aliphatic carbocycles. The second-order valence-corrected chi connectivity index (χ2v) is 6.75. The molecule has 2 atom stereocenters. The van der Waals surface area contributed by atoms with Gasteiger partial charge in [0.2, 0.25) is 0 Å². The molecule has 0 bridgehead atoms. The average Bonchev–Trinajstić information content (AvgIpc) is 2.67. The lowest BCUT2D eigenvalue weighted by Crippen LogP contribution is -2.40. The van der Waals surface area contributed by atoms with Crippen molar-refractivity contribution >= 4 is 17.5 Å². The number of aliphatic hydroxyl groups is 1. The molecule has 0 aliphatic rings. The summed E-state index contributed by atoms with van der Waals surface area (Å²) in [5.41, 5.74) is 0.800. The number of hydrogen-bond acceptors (Lipinski definition) is 5. The van der Waals surface area contributed by atoms with Gasteiger partial charge < -0.3 is 25.0 Å². The maximum Gasteiger partial charge on any atom is 0.260 e. The van der Waals surface area contributed by atoms with E-state index in [1.165, 1.54) is 19.2 Å². The molecule has 0 aliphatic heterocycles. The topological polar surface area (TPSA) is 88.0 Å². The second-order valence-electron chi connectivity index (χ2n) is 6.34. The summed E-state index contributed by atoms with van der Waals surface area (Å²) in [6.45, 7) is 1.61. The van der Waals surface area contributed by atoms with E-state index in [4.69, 9.17) is 21.1 Å². The van der Waals surface area contributed by atoms with E-state index in [1.54, 1.807) is 25.1 Å². The van der Waals surface area contributed by atoms with Gasteiger partial charge in [0.05, 0.1) is 12.1 Å². The van der Waals surface area contributed by atoms with E-state index in [0.717, 1.165) is 11.6 Å². The summed E-state index contributed by atoms with van der Waals surface area (Å²) in [5.74, 6) is -0.556. The van der Waals surface area contributed by atoms with Gasteiger partial charge >= 0.3 is 0 Å². The molecule has 0 fully saturated rings. The van der Waals surface area contributed by atoms with E-state index < -0.39 is 17.8 Å². The highest BCUT2D eigenvalue weighted by Crippen LogP contribution is 2.27. The molecule has 6 nitrogen and oxygen atoms in total. The van der Waals surface area contributed by atoms with Crippen LogP contribution in [-0.2, 0) is 11.2 Å². The van der Waals surface area contributed by atoms with Crippen LogP contribution in [-0.4, -0.2) is 42.5 Å². The van der Waals surface area contributed by atoms with Gasteiger partial charge in [0.25, 0.3) is 5.91 Å². The van der Waals surface area contributed by atoms with Crippen LogP contribution in [0.25, 0.3) is 0 Å². The van der Waals surface area contributed by atoms with Gasteiger partial charge in [0.1, 0.15) is 11.6 Å². The molecule has 2 rings (SSSR count). The van der Waals surface area contributed by atoms with Gasteiger partial charge in [-0.25, -0.2) is 4.39 Å². The van der Waals surface area contributed by atoms with Gasteiger partial charge in [0.15, 0.2) is 17.6 Å². The molecule has 2 aromatic rings. The molecular weight excluding hydrogens is 389 g/mol. The monoisotopic (exact) mass is 411 g/mol. The highest BCUT2D eigenvalue weighted by atomic mass is 35.5. The molecule has 0 aromatic heterocycles. The first-order valence-corrected chi connectivity index (χ1v) is 9.08. The Morgan fingerprint density at radius 3 is 2.57 bits per heavy atom. The summed E-state index contributed by atoms with van der Waals surface area (Å²) in [7, 11) is 1.46. The largest absolute Gasteiger partial charge is 0.504 e. The van der Waals surface area contributed by atoms with E-state index in [-0.39, 0.29) is 35.6 Å². The molecule has 2 aromatic carbocycles. The summed E-state index contributed by atoms with van der Waals surface area (Å²) in [6, 6.07) is 8.64. The summed E-state index contributed by atoms with van der Waals surface area (Å²) in [5, 5.41) is 22.2. The minimum atomic E-state index is -0.854. The Bertz CT molecular complexity index is 817. The second kappa shape index (κ2) is 10.1. The fourth-order valence-corrected chi connectivity index (χ4v) is 2.81. The van der Waals surface area contributed by atoms with Crippen LogP contribution in [0.3, 0.4) is 0 Å². The third kappa shape index (κ3) is 6.00. The molecule has 0 spiro atoms. The maximum atomic E-state index is 13.1. The molecule has 0 heterocycles. The molecule has 28 heavy (non-hydrogen) atoms. The number of carbonyl (C=O) groups is 1. The lowest BCUT2D eigenvalue weighted by atomic mass is 9.99. The van der Waals surface area contributed by atoms with Crippen molar-refractivity contribution in [2.45, 2.75) is 19.4 Å². The summed E-state index contributed by atoms with van der Waals surface area (Å²) < 4.78 is 23.5. The minimum Gasteiger partial charge on any atom is -0.504 e. The van der Waals surface area contributed by atoms with Crippen LogP contribution in [0.5, 0.6) is 17.2 Å². The molecule has 0 radical (unpaired) electrons. The standard InChI is InChI=1S/C20H23ClFNO5/c1-12(28-18-6-4-15(22)9-16(18)21)20(26)23-10-14(11-24)7-13-3-5-19(27-2)17(25)8-13/h3-6,8-9,12,14,24-25H,7,10-11H2,1-2H3,(H,23,26). The van der Waals surface area contributed by atoms with Crippen molar-refractivity contribution in [1.82, 2.24) is 5.32 Å². The molecule has 1 amide bonds. The summed E-state index contributed by atoms with van der Waals surface area (Å²) in [4.78, 5) is 12.2. The predicted octanol–water partition coefficient (Wildman–Crippen LogP) is 2.93. The number of nitrogens with one attached hydrogen (secondary N) is 1. The molecule has 2 unspecified atom stereocenters. The first-order chi connectivity index (χ1) is 13.3. The average molecular weight is 412 g/mol. The van der Waals surface area contributed by atoms with Crippen LogP contribution in [0, 0.1) is 11.7 Å². The lowest BCUT2D eigenvalue weighted by molar-refractivity contribution is -0.127. The number of hydrogen-bond donors (Lipinski definition) is 3. The molecule has 3 N–H and O–H groups in total. The normalized spacial score (nSPS) is 12.9. The third-order valence-electron chi connectivity index (χ3n) is 4.16. The zero-order valence-electron chi connectivity index (χ0n) is 15.6. The predicted molar refractivity (Wildman–Crippen MR) is 103 cm³/mol. The minimum absolute atomic E-state index is 0.0129. The number of benzene rings is 2. The Balaban J connectivity index is 1.89. The third-order valence-corrected chi connectivity index (χ3v) is 4.45. The number of halogens is 2. The first-order valence-electron chi connectivity index (χ1n) is 8.70. The Kier molecular flexibility index (Phi) is 7.90.